The molecule has 1 N–H and O–H groups in total. The van der Waals surface area contributed by atoms with Crippen LogP contribution in [0.25, 0.3) is 0 Å². The maximum atomic E-state index is 9.57. The summed E-state index contributed by atoms with van der Waals surface area (Å²) in [6, 6.07) is 7.25. The van der Waals surface area contributed by atoms with E-state index in [4.69, 9.17) is 0 Å². The quantitative estimate of drug-likeness (QED) is 0.884. The molecule has 2 unspecified atom stereocenters. The largest absolute Gasteiger partial charge is 0.393 e. The van der Waals surface area contributed by atoms with E-state index < -0.39 is 0 Å². The van der Waals surface area contributed by atoms with Gasteiger partial charge < -0.3 is 5.11 Å². The van der Waals surface area contributed by atoms with Gasteiger partial charge in [0.05, 0.1) is 6.10 Å². The standard InChI is InChI=1S/C16H25NO/c1-12-6-7-13(2)15(9-12)11-17-8-4-5-16(17)10-14(3)18/h6-7,9,14,16,18H,4-5,8,10-11H2,1-3H3. The summed E-state index contributed by atoms with van der Waals surface area (Å²) in [5, 5.41) is 9.57. The zero-order valence-electron chi connectivity index (χ0n) is 11.8. The molecular formula is C16H25NO. The van der Waals surface area contributed by atoms with Gasteiger partial charge in [0, 0.05) is 12.6 Å². The highest BCUT2D eigenvalue weighted by molar-refractivity contribution is 5.30. The minimum absolute atomic E-state index is 0.186. The predicted molar refractivity (Wildman–Crippen MR) is 75.6 cm³/mol. The summed E-state index contributed by atoms with van der Waals surface area (Å²) < 4.78 is 0. The summed E-state index contributed by atoms with van der Waals surface area (Å²) in [7, 11) is 0. The molecule has 1 aromatic rings. The summed E-state index contributed by atoms with van der Waals surface area (Å²) in [4.78, 5) is 2.54. The number of nitrogens with zero attached hydrogens (tertiary/aromatic N) is 1. The average Bonchev–Trinajstić information content (AvgIpc) is 2.70. The number of hydrogen-bond donors (Lipinski definition) is 1. The second kappa shape index (κ2) is 5.85. The highest BCUT2D eigenvalue weighted by Gasteiger charge is 2.25. The minimum Gasteiger partial charge on any atom is -0.393 e. The maximum Gasteiger partial charge on any atom is 0.0527 e. The van der Waals surface area contributed by atoms with Crippen molar-refractivity contribution in [3.05, 3.63) is 34.9 Å². The van der Waals surface area contributed by atoms with Gasteiger partial charge in [-0.1, -0.05) is 23.8 Å². The number of likely N-dealkylation sites (tertiary alicyclic amines) is 1. The molecule has 1 aliphatic heterocycles. The molecule has 1 fully saturated rings. The Hall–Kier alpha value is -0.860. The molecule has 18 heavy (non-hydrogen) atoms. The summed E-state index contributed by atoms with van der Waals surface area (Å²) in [6.07, 6.45) is 3.22. The van der Waals surface area contributed by atoms with E-state index in [2.05, 4.69) is 36.9 Å². The van der Waals surface area contributed by atoms with Crippen LogP contribution in [0.15, 0.2) is 18.2 Å². The first-order valence-corrected chi connectivity index (χ1v) is 7.04. The zero-order valence-corrected chi connectivity index (χ0v) is 11.8. The summed E-state index contributed by atoms with van der Waals surface area (Å²) in [6.45, 7) is 8.44. The maximum absolute atomic E-state index is 9.57. The topological polar surface area (TPSA) is 23.5 Å². The van der Waals surface area contributed by atoms with E-state index in [0.29, 0.717) is 6.04 Å². The van der Waals surface area contributed by atoms with Crippen molar-refractivity contribution in [1.29, 1.82) is 0 Å². The lowest BCUT2D eigenvalue weighted by Gasteiger charge is -2.26. The smallest absolute Gasteiger partial charge is 0.0527 e. The molecule has 0 aliphatic carbocycles. The van der Waals surface area contributed by atoms with Crippen LogP contribution in [-0.2, 0) is 6.54 Å². The number of hydrogen-bond acceptors (Lipinski definition) is 2. The summed E-state index contributed by atoms with van der Waals surface area (Å²) >= 11 is 0. The number of aryl methyl sites for hydroxylation is 2. The van der Waals surface area contributed by atoms with Gasteiger partial charge in [-0.25, -0.2) is 0 Å². The Morgan fingerprint density at radius 2 is 2.17 bits per heavy atom. The molecule has 0 amide bonds. The third kappa shape index (κ3) is 3.33. The molecule has 0 aromatic heterocycles. The summed E-state index contributed by atoms with van der Waals surface area (Å²) in [5.74, 6) is 0. The van der Waals surface area contributed by atoms with E-state index in [-0.39, 0.29) is 6.10 Å². The lowest BCUT2D eigenvalue weighted by atomic mass is 10.0. The van der Waals surface area contributed by atoms with Crippen LogP contribution in [0.5, 0.6) is 0 Å². The average molecular weight is 247 g/mol. The molecule has 2 nitrogen and oxygen atoms in total. The van der Waals surface area contributed by atoms with Crippen LogP contribution in [0.2, 0.25) is 0 Å². The van der Waals surface area contributed by atoms with E-state index in [1.807, 2.05) is 6.92 Å². The van der Waals surface area contributed by atoms with Crippen LogP contribution in [0.3, 0.4) is 0 Å². The van der Waals surface area contributed by atoms with Crippen LogP contribution in [-0.4, -0.2) is 28.7 Å². The highest BCUT2D eigenvalue weighted by Crippen LogP contribution is 2.24. The monoisotopic (exact) mass is 247 g/mol. The molecule has 100 valence electrons. The molecule has 2 heteroatoms. The van der Waals surface area contributed by atoms with Crippen molar-refractivity contribution in [3.63, 3.8) is 0 Å². The lowest BCUT2D eigenvalue weighted by Crippen LogP contribution is -2.31. The number of rotatable bonds is 4. The van der Waals surface area contributed by atoms with Crippen molar-refractivity contribution in [2.24, 2.45) is 0 Å². The summed E-state index contributed by atoms with van der Waals surface area (Å²) in [5.41, 5.74) is 4.15. The first kappa shape index (κ1) is 13.6. The molecule has 2 atom stereocenters. The van der Waals surface area contributed by atoms with Gasteiger partial charge in [0.1, 0.15) is 0 Å². The Balaban J connectivity index is 2.05. The van der Waals surface area contributed by atoms with E-state index in [1.54, 1.807) is 0 Å². The van der Waals surface area contributed by atoms with E-state index >= 15 is 0 Å². The second-order valence-electron chi connectivity index (χ2n) is 5.78. The zero-order chi connectivity index (χ0) is 13.1. The van der Waals surface area contributed by atoms with Crippen LogP contribution in [0.1, 0.15) is 42.9 Å². The fourth-order valence-electron chi connectivity index (χ4n) is 2.95. The second-order valence-corrected chi connectivity index (χ2v) is 5.78. The predicted octanol–water partition coefficient (Wildman–Crippen LogP) is 3.04. The van der Waals surface area contributed by atoms with Crippen LogP contribution < -0.4 is 0 Å². The molecule has 0 spiro atoms. The number of benzene rings is 1. The fourth-order valence-corrected chi connectivity index (χ4v) is 2.95. The third-order valence-electron chi connectivity index (χ3n) is 3.99. The van der Waals surface area contributed by atoms with E-state index in [1.165, 1.54) is 36.1 Å². The van der Waals surface area contributed by atoms with Gasteiger partial charge in [-0.05, 0) is 57.7 Å². The van der Waals surface area contributed by atoms with Crippen LogP contribution in [0, 0.1) is 13.8 Å². The molecule has 2 rings (SSSR count). The van der Waals surface area contributed by atoms with Crippen molar-refractivity contribution in [2.75, 3.05) is 6.54 Å². The molecule has 0 saturated carbocycles. The molecule has 1 aromatic carbocycles. The van der Waals surface area contributed by atoms with Gasteiger partial charge in [0.25, 0.3) is 0 Å². The Labute approximate surface area is 111 Å². The number of aliphatic hydroxyl groups excluding tert-OH is 1. The van der Waals surface area contributed by atoms with Crippen LogP contribution in [0.4, 0.5) is 0 Å². The molecule has 0 bridgehead atoms. The lowest BCUT2D eigenvalue weighted by molar-refractivity contribution is 0.130. The van der Waals surface area contributed by atoms with Gasteiger partial charge in [0.2, 0.25) is 0 Å². The van der Waals surface area contributed by atoms with Gasteiger partial charge in [-0.2, -0.15) is 0 Å². The minimum atomic E-state index is -0.186. The van der Waals surface area contributed by atoms with Gasteiger partial charge >= 0.3 is 0 Å². The Morgan fingerprint density at radius 3 is 2.89 bits per heavy atom. The molecular weight excluding hydrogens is 222 g/mol. The molecule has 1 heterocycles. The van der Waals surface area contributed by atoms with Crippen molar-refractivity contribution in [2.45, 2.75) is 58.7 Å². The number of aliphatic hydroxyl groups is 1. The van der Waals surface area contributed by atoms with Gasteiger partial charge in [-0.15, -0.1) is 0 Å². The first-order chi connectivity index (χ1) is 8.56. The van der Waals surface area contributed by atoms with Crippen molar-refractivity contribution < 1.29 is 5.11 Å². The van der Waals surface area contributed by atoms with Crippen molar-refractivity contribution in [3.8, 4) is 0 Å². The molecule has 0 radical (unpaired) electrons. The van der Waals surface area contributed by atoms with Gasteiger partial charge in [0.15, 0.2) is 0 Å². The third-order valence-corrected chi connectivity index (χ3v) is 3.99. The molecule has 1 aliphatic rings. The van der Waals surface area contributed by atoms with E-state index in [0.717, 1.165) is 13.0 Å². The SMILES string of the molecule is Cc1ccc(C)c(CN2CCCC2CC(C)O)c1. The van der Waals surface area contributed by atoms with E-state index in [9.17, 15) is 5.11 Å². The van der Waals surface area contributed by atoms with Crippen molar-refractivity contribution >= 4 is 0 Å². The Bertz CT molecular complexity index is 400. The van der Waals surface area contributed by atoms with Crippen LogP contribution >= 0.6 is 0 Å². The first-order valence-electron chi connectivity index (χ1n) is 7.04. The normalized spacial score (nSPS) is 22.3. The Morgan fingerprint density at radius 1 is 1.39 bits per heavy atom. The Kier molecular flexibility index (Phi) is 4.41. The molecule has 1 saturated heterocycles. The highest BCUT2D eigenvalue weighted by atomic mass is 16.3. The van der Waals surface area contributed by atoms with Crippen molar-refractivity contribution in [1.82, 2.24) is 4.90 Å². The fraction of sp³-hybridized carbons (Fsp3) is 0.625. The van der Waals surface area contributed by atoms with Gasteiger partial charge in [-0.3, -0.25) is 4.90 Å².